The van der Waals surface area contributed by atoms with Crippen LogP contribution in [-0.2, 0) is 13.2 Å². The second kappa shape index (κ2) is 10.3. The van der Waals surface area contributed by atoms with Gasteiger partial charge in [0.05, 0.1) is 7.11 Å². The molecule has 1 saturated heterocycles. The molecule has 1 fully saturated rings. The molecule has 2 aliphatic rings. The molecule has 0 unspecified atom stereocenters. The molecule has 0 radical (unpaired) electrons. The predicted molar refractivity (Wildman–Crippen MR) is 132 cm³/mol. The van der Waals surface area contributed by atoms with E-state index in [-0.39, 0.29) is 12.7 Å². The second-order valence-corrected chi connectivity index (χ2v) is 8.88. The lowest BCUT2D eigenvalue weighted by Gasteiger charge is -2.35. The van der Waals surface area contributed by atoms with E-state index >= 15 is 0 Å². The van der Waals surface area contributed by atoms with Crippen LogP contribution in [0.25, 0.3) is 0 Å². The molecular weight excluding hydrogens is 444 g/mol. The van der Waals surface area contributed by atoms with Gasteiger partial charge in [-0.2, -0.15) is 0 Å². The number of carbonyl (C=O) groups excluding carboxylic acids is 1. The Morgan fingerprint density at radius 1 is 0.914 bits per heavy atom. The van der Waals surface area contributed by atoms with Crippen molar-refractivity contribution in [1.82, 2.24) is 9.80 Å². The second-order valence-electron chi connectivity index (χ2n) is 8.88. The van der Waals surface area contributed by atoms with Crippen molar-refractivity contribution >= 4 is 5.91 Å². The summed E-state index contributed by atoms with van der Waals surface area (Å²) >= 11 is 0. The van der Waals surface area contributed by atoms with Crippen LogP contribution < -0.4 is 18.9 Å². The van der Waals surface area contributed by atoms with Crippen molar-refractivity contribution in [3.8, 4) is 23.0 Å². The lowest BCUT2D eigenvalue weighted by atomic mass is 10.1. The van der Waals surface area contributed by atoms with E-state index in [2.05, 4.69) is 11.0 Å². The van der Waals surface area contributed by atoms with E-state index in [1.807, 2.05) is 66.4 Å². The van der Waals surface area contributed by atoms with Crippen LogP contribution in [0.2, 0.25) is 0 Å². The van der Waals surface area contributed by atoms with Crippen molar-refractivity contribution < 1.29 is 23.7 Å². The van der Waals surface area contributed by atoms with Crippen LogP contribution in [0.4, 0.5) is 0 Å². The first-order valence-corrected chi connectivity index (χ1v) is 11.9. The highest BCUT2D eigenvalue weighted by atomic mass is 16.7. The number of carbonyl (C=O) groups is 1. The Balaban J connectivity index is 1.19. The number of ether oxygens (including phenoxy) is 4. The van der Waals surface area contributed by atoms with Gasteiger partial charge in [0.25, 0.3) is 5.91 Å². The normalized spacial score (nSPS) is 15.2. The highest BCUT2D eigenvalue weighted by Gasteiger charge is 2.23. The summed E-state index contributed by atoms with van der Waals surface area (Å²) in [6, 6.07) is 19.5. The fourth-order valence-electron chi connectivity index (χ4n) is 4.41. The summed E-state index contributed by atoms with van der Waals surface area (Å²) in [5.41, 5.74) is 3.86. The molecule has 35 heavy (non-hydrogen) atoms. The van der Waals surface area contributed by atoms with E-state index in [0.29, 0.717) is 31.0 Å². The largest absolute Gasteiger partial charge is 0.496 e. The zero-order valence-electron chi connectivity index (χ0n) is 20.2. The Hall–Kier alpha value is -3.71. The van der Waals surface area contributed by atoms with Gasteiger partial charge < -0.3 is 23.8 Å². The Morgan fingerprint density at radius 2 is 1.69 bits per heavy atom. The van der Waals surface area contributed by atoms with Crippen molar-refractivity contribution in [3.63, 3.8) is 0 Å². The van der Waals surface area contributed by atoms with Gasteiger partial charge in [-0.25, -0.2) is 0 Å². The topological polar surface area (TPSA) is 60.5 Å². The van der Waals surface area contributed by atoms with E-state index in [0.717, 1.165) is 42.4 Å². The predicted octanol–water partition coefficient (Wildman–Crippen LogP) is 4.27. The molecule has 5 rings (SSSR count). The number of methoxy groups -OCH3 is 1. The molecule has 3 aromatic carbocycles. The van der Waals surface area contributed by atoms with Crippen LogP contribution in [0.5, 0.6) is 23.0 Å². The maximum Gasteiger partial charge on any atom is 0.253 e. The van der Waals surface area contributed by atoms with Crippen LogP contribution in [0, 0.1) is 6.92 Å². The van der Waals surface area contributed by atoms with Gasteiger partial charge >= 0.3 is 0 Å². The molecule has 2 heterocycles. The molecule has 0 atom stereocenters. The van der Waals surface area contributed by atoms with E-state index in [9.17, 15) is 4.79 Å². The van der Waals surface area contributed by atoms with Gasteiger partial charge in [0.2, 0.25) is 6.79 Å². The Labute approximate surface area is 205 Å². The number of benzene rings is 3. The standard InChI is InChI=1S/C28H30N2O5/c1-20-3-7-24(8-4-20)33-18-23-16-22(6-10-25(23)32-2)28(31)30-13-11-29(12-14-30)17-21-5-9-26-27(15-21)35-19-34-26/h3-10,15-16H,11-14,17-19H2,1-2H3. The summed E-state index contributed by atoms with van der Waals surface area (Å²) in [6.45, 7) is 6.48. The third-order valence-electron chi connectivity index (χ3n) is 6.45. The Bertz CT molecular complexity index is 1190. The molecule has 0 saturated carbocycles. The maximum atomic E-state index is 13.3. The number of aryl methyl sites for hydroxylation is 1. The minimum absolute atomic E-state index is 0.0342. The Kier molecular flexibility index (Phi) is 6.77. The summed E-state index contributed by atoms with van der Waals surface area (Å²) in [6.07, 6.45) is 0. The third-order valence-corrected chi connectivity index (χ3v) is 6.45. The van der Waals surface area contributed by atoms with Gasteiger partial charge in [0.1, 0.15) is 18.1 Å². The number of piperazine rings is 1. The number of nitrogens with zero attached hydrogens (tertiary/aromatic N) is 2. The maximum absolute atomic E-state index is 13.3. The first kappa shape index (κ1) is 23.1. The molecule has 2 aliphatic heterocycles. The molecule has 0 bridgehead atoms. The molecule has 0 aliphatic carbocycles. The quantitative estimate of drug-likeness (QED) is 0.510. The average molecular weight is 475 g/mol. The van der Waals surface area contributed by atoms with Crippen LogP contribution in [-0.4, -0.2) is 55.8 Å². The summed E-state index contributed by atoms with van der Waals surface area (Å²) in [5, 5.41) is 0. The fourth-order valence-corrected chi connectivity index (χ4v) is 4.41. The van der Waals surface area contributed by atoms with Gasteiger partial charge in [-0.05, 0) is 55.0 Å². The molecule has 7 nitrogen and oxygen atoms in total. The van der Waals surface area contributed by atoms with E-state index in [4.69, 9.17) is 18.9 Å². The third kappa shape index (κ3) is 5.35. The summed E-state index contributed by atoms with van der Waals surface area (Å²) in [5.74, 6) is 3.13. The van der Waals surface area contributed by atoms with Crippen molar-refractivity contribution in [2.75, 3.05) is 40.1 Å². The van der Waals surface area contributed by atoms with Crippen molar-refractivity contribution in [3.05, 3.63) is 82.9 Å². The zero-order chi connectivity index (χ0) is 24.2. The average Bonchev–Trinajstić information content (AvgIpc) is 3.36. The SMILES string of the molecule is COc1ccc(C(=O)N2CCN(Cc3ccc4c(c3)OCO4)CC2)cc1COc1ccc(C)cc1. The van der Waals surface area contributed by atoms with E-state index in [1.165, 1.54) is 11.1 Å². The molecule has 3 aromatic rings. The molecular formula is C28H30N2O5. The first-order valence-electron chi connectivity index (χ1n) is 11.9. The van der Waals surface area contributed by atoms with Gasteiger partial charge in [0, 0.05) is 43.9 Å². The van der Waals surface area contributed by atoms with E-state index in [1.54, 1.807) is 7.11 Å². The molecule has 7 heteroatoms. The molecule has 0 spiro atoms. The molecule has 1 amide bonds. The van der Waals surface area contributed by atoms with Crippen molar-refractivity contribution in [2.24, 2.45) is 0 Å². The van der Waals surface area contributed by atoms with E-state index < -0.39 is 0 Å². The van der Waals surface area contributed by atoms with Gasteiger partial charge in [-0.3, -0.25) is 9.69 Å². The molecule has 182 valence electrons. The van der Waals surface area contributed by atoms with Gasteiger partial charge in [-0.1, -0.05) is 23.8 Å². The number of rotatable bonds is 7. The fraction of sp³-hybridized carbons (Fsp3) is 0.321. The molecule has 0 aromatic heterocycles. The Morgan fingerprint density at radius 3 is 2.46 bits per heavy atom. The first-order chi connectivity index (χ1) is 17.1. The number of fused-ring (bicyclic) bond motifs is 1. The lowest BCUT2D eigenvalue weighted by molar-refractivity contribution is 0.0628. The summed E-state index contributed by atoms with van der Waals surface area (Å²) in [7, 11) is 1.63. The highest BCUT2D eigenvalue weighted by Crippen LogP contribution is 2.33. The van der Waals surface area contributed by atoms with Crippen LogP contribution >= 0.6 is 0 Å². The smallest absolute Gasteiger partial charge is 0.253 e. The van der Waals surface area contributed by atoms with Gasteiger partial charge in [0.15, 0.2) is 11.5 Å². The van der Waals surface area contributed by atoms with Crippen molar-refractivity contribution in [2.45, 2.75) is 20.1 Å². The highest BCUT2D eigenvalue weighted by molar-refractivity contribution is 5.94. The van der Waals surface area contributed by atoms with Gasteiger partial charge in [-0.15, -0.1) is 0 Å². The minimum atomic E-state index is 0.0342. The van der Waals surface area contributed by atoms with Crippen LogP contribution in [0.3, 0.4) is 0 Å². The lowest BCUT2D eigenvalue weighted by Crippen LogP contribution is -2.48. The minimum Gasteiger partial charge on any atom is -0.496 e. The number of hydrogen-bond donors (Lipinski definition) is 0. The zero-order valence-corrected chi connectivity index (χ0v) is 20.2. The van der Waals surface area contributed by atoms with Crippen LogP contribution in [0.1, 0.15) is 27.0 Å². The number of hydrogen-bond acceptors (Lipinski definition) is 6. The molecule has 0 N–H and O–H groups in total. The summed E-state index contributed by atoms with van der Waals surface area (Å²) < 4.78 is 22.3. The monoisotopic (exact) mass is 474 g/mol. The number of amides is 1. The van der Waals surface area contributed by atoms with Crippen LogP contribution in [0.15, 0.2) is 60.7 Å². The van der Waals surface area contributed by atoms with Crippen molar-refractivity contribution in [1.29, 1.82) is 0 Å². The summed E-state index contributed by atoms with van der Waals surface area (Å²) in [4.78, 5) is 17.5.